The third-order valence-electron chi connectivity index (χ3n) is 4.76. The molecule has 10 heteroatoms. The van der Waals surface area contributed by atoms with Gasteiger partial charge in [-0.05, 0) is 30.2 Å². The van der Waals surface area contributed by atoms with Gasteiger partial charge in [0.25, 0.3) is 5.91 Å². The van der Waals surface area contributed by atoms with E-state index in [1.54, 1.807) is 10.7 Å². The van der Waals surface area contributed by atoms with Crippen LogP contribution in [0.5, 0.6) is 5.06 Å². The Morgan fingerprint density at radius 2 is 2.23 bits per heavy atom. The summed E-state index contributed by atoms with van der Waals surface area (Å²) >= 11 is 1.17. The zero-order chi connectivity index (χ0) is 21.3. The number of nitrogens with zero attached hydrogens (tertiary/aromatic N) is 3. The van der Waals surface area contributed by atoms with Crippen LogP contribution >= 0.6 is 11.3 Å². The van der Waals surface area contributed by atoms with Crippen LogP contribution in [0.15, 0.2) is 30.5 Å². The van der Waals surface area contributed by atoms with Crippen molar-refractivity contribution < 1.29 is 18.3 Å². The highest BCUT2D eigenvalue weighted by molar-refractivity contribution is 7.16. The number of nitrogens with two attached hydrogens (primary N) is 1. The molecule has 1 unspecified atom stereocenters. The van der Waals surface area contributed by atoms with E-state index >= 15 is 0 Å². The van der Waals surface area contributed by atoms with Gasteiger partial charge in [0.2, 0.25) is 0 Å². The average Bonchev–Trinajstić information content (AvgIpc) is 3.30. The minimum atomic E-state index is -0.946. The molecule has 1 aliphatic rings. The Hall–Kier alpha value is -3.29. The molecule has 0 bridgehead atoms. The molecule has 7 nitrogen and oxygen atoms in total. The molecule has 1 amide bonds. The number of thiophene rings is 1. The fraction of sp³-hybridized carbons (Fsp3) is 0.250. The normalized spacial score (nSPS) is 13.4. The van der Waals surface area contributed by atoms with E-state index in [2.05, 4.69) is 16.5 Å². The summed E-state index contributed by atoms with van der Waals surface area (Å²) in [4.78, 5) is 13.2. The maximum atomic E-state index is 13.4. The Balaban J connectivity index is 1.55. The maximum absolute atomic E-state index is 13.4. The number of ether oxygens (including phenoxy) is 1. The van der Waals surface area contributed by atoms with Crippen LogP contribution in [0.25, 0.3) is 11.3 Å². The summed E-state index contributed by atoms with van der Waals surface area (Å²) in [7, 11) is 0. The molecule has 0 fully saturated rings. The number of hydrogen-bond donors (Lipinski definition) is 2. The van der Waals surface area contributed by atoms with Crippen LogP contribution in [0.1, 0.15) is 20.8 Å². The molecule has 30 heavy (non-hydrogen) atoms. The van der Waals surface area contributed by atoms with Gasteiger partial charge < -0.3 is 15.8 Å². The number of carbonyl (C=O) groups is 1. The van der Waals surface area contributed by atoms with Crippen LogP contribution in [-0.2, 0) is 13.0 Å². The Kier molecular flexibility index (Phi) is 5.48. The third-order valence-corrected chi connectivity index (χ3v) is 5.81. The molecular formula is C20H17F2N5O2S. The van der Waals surface area contributed by atoms with E-state index in [1.165, 1.54) is 23.6 Å². The first kappa shape index (κ1) is 20.0. The Bertz CT molecular complexity index is 1150. The molecular weight excluding hydrogens is 412 g/mol. The SMILES string of the molecule is N#Cc1cnn2c1-c1cc(C(=O)NC(CN)Cc3ccc(F)c(F)c3)sc1OCC2. The second kappa shape index (κ2) is 8.22. The first-order valence-electron chi connectivity index (χ1n) is 9.18. The number of rotatable bonds is 5. The fourth-order valence-corrected chi connectivity index (χ4v) is 4.24. The van der Waals surface area contributed by atoms with Gasteiger partial charge in [0.1, 0.15) is 12.7 Å². The highest BCUT2D eigenvalue weighted by atomic mass is 32.1. The molecule has 2 aromatic heterocycles. The molecule has 0 saturated carbocycles. The second-order valence-corrected chi connectivity index (χ2v) is 7.78. The molecule has 3 aromatic rings. The van der Waals surface area contributed by atoms with Gasteiger partial charge in [0, 0.05) is 12.6 Å². The van der Waals surface area contributed by atoms with Gasteiger partial charge in [-0.15, -0.1) is 0 Å². The molecule has 1 aromatic carbocycles. The summed E-state index contributed by atoms with van der Waals surface area (Å²) in [5.41, 5.74) is 7.96. The minimum absolute atomic E-state index is 0.123. The standard InChI is InChI=1S/C20H17F2N5O2S/c21-15-2-1-11(6-16(15)22)5-13(9-24)26-19(28)17-7-14-18-12(8-23)10-25-27(18)3-4-29-20(14)30-17/h1-2,6-7,10,13H,3-5,9,24H2,(H,26,28). The quantitative estimate of drug-likeness (QED) is 0.648. The number of carbonyl (C=O) groups excluding carboxylic acids is 1. The maximum Gasteiger partial charge on any atom is 0.261 e. The predicted molar refractivity (Wildman–Crippen MR) is 106 cm³/mol. The lowest BCUT2D eigenvalue weighted by atomic mass is 10.1. The lowest BCUT2D eigenvalue weighted by molar-refractivity contribution is 0.0942. The van der Waals surface area contributed by atoms with Crippen LogP contribution in [0.4, 0.5) is 8.78 Å². The van der Waals surface area contributed by atoms with Gasteiger partial charge in [-0.3, -0.25) is 9.48 Å². The van der Waals surface area contributed by atoms with E-state index in [1.807, 2.05) is 0 Å². The van der Waals surface area contributed by atoms with Gasteiger partial charge in [0.15, 0.2) is 16.7 Å². The van der Waals surface area contributed by atoms with Crippen LogP contribution in [0, 0.1) is 23.0 Å². The van der Waals surface area contributed by atoms with Crippen molar-refractivity contribution in [1.82, 2.24) is 15.1 Å². The summed E-state index contributed by atoms with van der Waals surface area (Å²) in [5.74, 6) is -2.24. The van der Waals surface area contributed by atoms with Crippen molar-refractivity contribution in [2.75, 3.05) is 13.2 Å². The highest BCUT2D eigenvalue weighted by Gasteiger charge is 2.26. The van der Waals surface area contributed by atoms with E-state index in [-0.39, 0.29) is 18.9 Å². The van der Waals surface area contributed by atoms with Crippen LogP contribution < -0.4 is 15.8 Å². The largest absolute Gasteiger partial charge is 0.481 e. The molecule has 4 rings (SSSR count). The van der Waals surface area contributed by atoms with Crippen LogP contribution in [-0.4, -0.2) is 34.9 Å². The molecule has 0 saturated heterocycles. The minimum Gasteiger partial charge on any atom is -0.481 e. The second-order valence-electron chi connectivity index (χ2n) is 6.76. The van der Waals surface area contributed by atoms with Crippen molar-refractivity contribution in [2.24, 2.45) is 5.73 Å². The number of hydrogen-bond acceptors (Lipinski definition) is 6. The summed E-state index contributed by atoms with van der Waals surface area (Å²) < 4.78 is 34.0. The monoisotopic (exact) mass is 429 g/mol. The molecule has 0 aliphatic carbocycles. The van der Waals surface area contributed by atoms with E-state index < -0.39 is 17.7 Å². The van der Waals surface area contributed by atoms with E-state index in [9.17, 15) is 18.8 Å². The Labute approximate surface area is 174 Å². The summed E-state index contributed by atoms with van der Waals surface area (Å²) in [6.45, 7) is 0.997. The Morgan fingerprint density at radius 1 is 1.40 bits per heavy atom. The summed E-state index contributed by atoms with van der Waals surface area (Å²) in [6, 6.07) is 6.91. The van der Waals surface area contributed by atoms with Gasteiger partial charge >= 0.3 is 0 Å². The topological polar surface area (TPSA) is 106 Å². The van der Waals surface area contributed by atoms with Gasteiger partial charge in [-0.25, -0.2) is 8.78 Å². The zero-order valence-corrected chi connectivity index (χ0v) is 16.5. The van der Waals surface area contributed by atoms with E-state index in [0.29, 0.717) is 45.5 Å². The van der Waals surface area contributed by atoms with E-state index in [4.69, 9.17) is 10.5 Å². The van der Waals surface area contributed by atoms with E-state index in [0.717, 1.165) is 12.1 Å². The number of nitrogens with one attached hydrogen (secondary N) is 1. The van der Waals surface area contributed by atoms with Gasteiger partial charge in [0.05, 0.1) is 34.4 Å². The van der Waals surface area contributed by atoms with Crippen molar-refractivity contribution in [2.45, 2.75) is 19.0 Å². The van der Waals surface area contributed by atoms with Crippen LogP contribution in [0.3, 0.4) is 0 Å². The summed E-state index contributed by atoms with van der Waals surface area (Å²) in [6.07, 6.45) is 1.75. The van der Waals surface area contributed by atoms with Crippen molar-refractivity contribution in [1.29, 1.82) is 5.26 Å². The molecule has 1 atom stereocenters. The zero-order valence-electron chi connectivity index (χ0n) is 15.7. The average molecular weight is 429 g/mol. The number of amides is 1. The number of fused-ring (bicyclic) bond motifs is 3. The molecule has 0 spiro atoms. The smallest absolute Gasteiger partial charge is 0.261 e. The van der Waals surface area contributed by atoms with Crippen molar-refractivity contribution in [3.8, 4) is 22.4 Å². The molecule has 1 aliphatic heterocycles. The van der Waals surface area contributed by atoms with Crippen molar-refractivity contribution >= 4 is 17.2 Å². The molecule has 0 radical (unpaired) electrons. The molecule has 154 valence electrons. The highest BCUT2D eigenvalue weighted by Crippen LogP contribution is 2.41. The predicted octanol–water partition coefficient (Wildman–Crippen LogP) is 2.45. The lowest BCUT2D eigenvalue weighted by Gasteiger charge is -2.16. The number of benzene rings is 1. The fourth-order valence-electron chi connectivity index (χ4n) is 3.31. The first-order valence-corrected chi connectivity index (χ1v) is 9.99. The summed E-state index contributed by atoms with van der Waals surface area (Å²) in [5, 5.41) is 16.9. The molecule has 3 heterocycles. The van der Waals surface area contributed by atoms with Gasteiger partial charge in [-0.1, -0.05) is 17.4 Å². The number of nitriles is 1. The Morgan fingerprint density at radius 3 is 2.97 bits per heavy atom. The molecule has 3 N–H and O–H groups in total. The number of halogens is 2. The third kappa shape index (κ3) is 3.77. The van der Waals surface area contributed by atoms with Gasteiger partial charge in [-0.2, -0.15) is 10.4 Å². The van der Waals surface area contributed by atoms with Crippen molar-refractivity contribution in [3.63, 3.8) is 0 Å². The van der Waals surface area contributed by atoms with Crippen molar-refractivity contribution in [3.05, 3.63) is 58.1 Å². The lowest BCUT2D eigenvalue weighted by Crippen LogP contribution is -2.41. The first-order chi connectivity index (χ1) is 14.5. The number of aromatic nitrogens is 2. The van der Waals surface area contributed by atoms with Crippen LogP contribution in [0.2, 0.25) is 0 Å².